The third-order valence-corrected chi connectivity index (χ3v) is 4.67. The number of anilines is 1. The molecule has 0 aliphatic heterocycles. The van der Waals surface area contributed by atoms with Gasteiger partial charge >= 0.3 is 0 Å². The predicted molar refractivity (Wildman–Crippen MR) is 91.9 cm³/mol. The quantitative estimate of drug-likeness (QED) is 0.542. The van der Waals surface area contributed by atoms with Gasteiger partial charge in [-0.3, -0.25) is 4.79 Å². The van der Waals surface area contributed by atoms with E-state index in [1.807, 2.05) is 30.3 Å². The van der Waals surface area contributed by atoms with E-state index >= 15 is 0 Å². The van der Waals surface area contributed by atoms with Crippen LogP contribution in [0.1, 0.15) is 6.42 Å². The van der Waals surface area contributed by atoms with Crippen LogP contribution in [-0.2, 0) is 4.79 Å². The maximum absolute atomic E-state index is 11.9. The second-order valence-electron chi connectivity index (χ2n) is 4.21. The van der Waals surface area contributed by atoms with Gasteiger partial charge in [0, 0.05) is 17.1 Å². The number of thioether (sulfide) groups is 1. The number of hydrogen-bond acceptors (Lipinski definition) is 2. The standard InChI is InChI=1S/C15H12Cl3NOS/c16-11-8-13(18)14(9-12(11)17)19-15(20)6-7-21-10-4-2-1-3-5-10/h1-5,8-9H,6-7H2,(H,19,20). The molecule has 6 heteroatoms. The molecule has 0 bridgehead atoms. The lowest BCUT2D eigenvalue weighted by Crippen LogP contribution is -2.12. The predicted octanol–water partition coefficient (Wildman–Crippen LogP) is 5.77. The van der Waals surface area contributed by atoms with Crippen molar-refractivity contribution in [3.63, 3.8) is 0 Å². The minimum Gasteiger partial charge on any atom is -0.325 e. The Morgan fingerprint density at radius 1 is 1.00 bits per heavy atom. The van der Waals surface area contributed by atoms with Gasteiger partial charge in [0.15, 0.2) is 0 Å². The van der Waals surface area contributed by atoms with Crippen LogP contribution in [0.4, 0.5) is 5.69 Å². The Kier molecular flexibility index (Phi) is 6.24. The van der Waals surface area contributed by atoms with Crippen molar-refractivity contribution in [1.82, 2.24) is 0 Å². The number of carbonyl (C=O) groups is 1. The summed E-state index contributed by atoms with van der Waals surface area (Å²) in [5, 5.41) is 3.82. The van der Waals surface area contributed by atoms with Crippen LogP contribution in [0.2, 0.25) is 15.1 Å². The molecule has 0 aliphatic carbocycles. The smallest absolute Gasteiger partial charge is 0.225 e. The van der Waals surface area contributed by atoms with Gasteiger partial charge in [-0.1, -0.05) is 53.0 Å². The summed E-state index contributed by atoms with van der Waals surface area (Å²) >= 11 is 19.4. The molecule has 0 radical (unpaired) electrons. The van der Waals surface area contributed by atoms with E-state index in [0.29, 0.717) is 32.9 Å². The van der Waals surface area contributed by atoms with E-state index in [0.717, 1.165) is 4.90 Å². The van der Waals surface area contributed by atoms with Crippen molar-refractivity contribution < 1.29 is 4.79 Å². The molecule has 0 spiro atoms. The molecule has 0 aliphatic rings. The lowest BCUT2D eigenvalue weighted by Gasteiger charge is -2.08. The number of hydrogen-bond donors (Lipinski definition) is 1. The molecule has 2 aromatic rings. The summed E-state index contributed by atoms with van der Waals surface area (Å²) < 4.78 is 0. The van der Waals surface area contributed by atoms with Crippen LogP contribution in [0.15, 0.2) is 47.4 Å². The summed E-state index contributed by atoms with van der Waals surface area (Å²) in [6.07, 6.45) is 0.385. The fraction of sp³-hybridized carbons (Fsp3) is 0.133. The molecule has 2 rings (SSSR count). The van der Waals surface area contributed by atoms with E-state index in [1.54, 1.807) is 17.8 Å². The van der Waals surface area contributed by atoms with Gasteiger partial charge in [-0.25, -0.2) is 0 Å². The molecule has 2 aromatic carbocycles. The van der Waals surface area contributed by atoms with E-state index in [9.17, 15) is 4.79 Å². The zero-order valence-corrected chi connectivity index (χ0v) is 14.0. The highest BCUT2D eigenvalue weighted by Gasteiger charge is 2.09. The second kappa shape index (κ2) is 7.95. The van der Waals surface area contributed by atoms with Crippen molar-refractivity contribution in [2.75, 3.05) is 11.1 Å². The summed E-state index contributed by atoms with van der Waals surface area (Å²) in [4.78, 5) is 13.0. The van der Waals surface area contributed by atoms with Crippen LogP contribution < -0.4 is 5.32 Å². The fourth-order valence-corrected chi connectivity index (χ4v) is 3.08. The van der Waals surface area contributed by atoms with Crippen molar-refractivity contribution in [2.24, 2.45) is 0 Å². The highest BCUT2D eigenvalue weighted by molar-refractivity contribution is 7.99. The van der Waals surface area contributed by atoms with Crippen molar-refractivity contribution in [1.29, 1.82) is 0 Å². The average Bonchev–Trinajstić information content (AvgIpc) is 2.46. The van der Waals surface area contributed by atoms with Crippen LogP contribution in [0.25, 0.3) is 0 Å². The Hall–Kier alpha value is -0.870. The molecule has 1 N–H and O–H groups in total. The number of carbonyl (C=O) groups excluding carboxylic acids is 1. The third-order valence-electron chi connectivity index (χ3n) is 2.63. The zero-order valence-electron chi connectivity index (χ0n) is 10.9. The third kappa shape index (κ3) is 5.11. The first-order valence-corrected chi connectivity index (χ1v) is 8.30. The normalized spacial score (nSPS) is 10.4. The summed E-state index contributed by atoms with van der Waals surface area (Å²) in [5.41, 5.74) is 0.473. The van der Waals surface area contributed by atoms with Crippen molar-refractivity contribution in [3.05, 3.63) is 57.5 Å². The molecule has 2 nitrogen and oxygen atoms in total. The Morgan fingerprint density at radius 2 is 1.67 bits per heavy atom. The number of benzene rings is 2. The van der Waals surface area contributed by atoms with Crippen molar-refractivity contribution in [2.45, 2.75) is 11.3 Å². The molecule has 0 fully saturated rings. The first kappa shape index (κ1) is 16.5. The van der Waals surface area contributed by atoms with Gasteiger partial charge in [0.1, 0.15) is 0 Å². The first-order valence-electron chi connectivity index (χ1n) is 6.18. The maximum Gasteiger partial charge on any atom is 0.225 e. The van der Waals surface area contributed by atoms with Crippen LogP contribution in [-0.4, -0.2) is 11.7 Å². The first-order chi connectivity index (χ1) is 10.1. The minimum absolute atomic E-state index is 0.112. The Labute approximate surface area is 142 Å². The number of rotatable bonds is 5. The molecular weight excluding hydrogens is 349 g/mol. The minimum atomic E-state index is -0.112. The van der Waals surface area contributed by atoms with E-state index in [4.69, 9.17) is 34.8 Å². The van der Waals surface area contributed by atoms with Gasteiger partial charge in [0.05, 0.1) is 20.8 Å². The van der Waals surface area contributed by atoms with Crippen LogP contribution in [0, 0.1) is 0 Å². The maximum atomic E-state index is 11.9. The van der Waals surface area contributed by atoms with Crippen LogP contribution in [0.5, 0.6) is 0 Å². The summed E-state index contributed by atoms with van der Waals surface area (Å²) in [6.45, 7) is 0. The molecule has 0 aromatic heterocycles. The van der Waals surface area contributed by atoms with E-state index < -0.39 is 0 Å². The van der Waals surface area contributed by atoms with Crippen molar-refractivity contribution in [3.8, 4) is 0 Å². The van der Waals surface area contributed by atoms with Gasteiger partial charge in [0.2, 0.25) is 5.91 Å². The highest BCUT2D eigenvalue weighted by Crippen LogP contribution is 2.32. The number of amides is 1. The largest absolute Gasteiger partial charge is 0.325 e. The molecule has 21 heavy (non-hydrogen) atoms. The van der Waals surface area contributed by atoms with Gasteiger partial charge in [0.25, 0.3) is 0 Å². The molecular formula is C15H12Cl3NOS. The van der Waals surface area contributed by atoms with Crippen LogP contribution in [0.3, 0.4) is 0 Å². The van der Waals surface area contributed by atoms with Crippen LogP contribution >= 0.6 is 46.6 Å². The SMILES string of the molecule is O=C(CCSc1ccccc1)Nc1cc(Cl)c(Cl)cc1Cl. The van der Waals surface area contributed by atoms with E-state index in [2.05, 4.69) is 5.32 Å². The second-order valence-corrected chi connectivity index (χ2v) is 6.60. The lowest BCUT2D eigenvalue weighted by atomic mass is 10.3. The summed E-state index contributed by atoms with van der Waals surface area (Å²) in [7, 11) is 0. The van der Waals surface area contributed by atoms with E-state index in [1.165, 1.54) is 6.07 Å². The number of nitrogens with one attached hydrogen (secondary N) is 1. The Morgan fingerprint density at radius 3 is 2.38 bits per heavy atom. The van der Waals surface area contributed by atoms with Gasteiger partial charge in [-0.05, 0) is 24.3 Å². The van der Waals surface area contributed by atoms with Crippen molar-refractivity contribution >= 4 is 58.2 Å². The fourth-order valence-electron chi connectivity index (χ4n) is 1.61. The average molecular weight is 361 g/mol. The van der Waals surface area contributed by atoms with E-state index in [-0.39, 0.29) is 5.91 Å². The molecule has 1 amide bonds. The molecule has 0 saturated carbocycles. The molecule has 0 saturated heterocycles. The zero-order chi connectivity index (χ0) is 15.2. The van der Waals surface area contributed by atoms with Gasteiger partial charge in [-0.2, -0.15) is 0 Å². The lowest BCUT2D eigenvalue weighted by molar-refractivity contribution is -0.115. The molecule has 110 valence electrons. The summed E-state index contributed by atoms with van der Waals surface area (Å²) in [6, 6.07) is 13.0. The van der Waals surface area contributed by atoms with Gasteiger partial charge in [-0.15, -0.1) is 11.8 Å². The highest BCUT2D eigenvalue weighted by atomic mass is 35.5. The Bertz CT molecular complexity index is 634. The molecule has 0 heterocycles. The summed E-state index contributed by atoms with van der Waals surface area (Å²) in [5.74, 6) is 0.577. The van der Waals surface area contributed by atoms with Gasteiger partial charge < -0.3 is 5.32 Å². The topological polar surface area (TPSA) is 29.1 Å². The molecule has 0 atom stereocenters. The monoisotopic (exact) mass is 359 g/mol. The number of halogens is 3. The molecule has 0 unspecified atom stereocenters. The Balaban J connectivity index is 1.86.